The van der Waals surface area contributed by atoms with E-state index in [4.69, 9.17) is 16.1 Å². The number of likely N-dealkylation sites (tertiary alicyclic amines) is 1. The van der Waals surface area contributed by atoms with E-state index in [0.29, 0.717) is 5.56 Å². The molecule has 3 aromatic rings. The first-order valence-electron chi connectivity index (χ1n) is 9.80. The molecular formula is C22H17BrClF3N2O4. The second kappa shape index (κ2) is 8.66. The fourth-order valence-corrected chi connectivity index (χ4v) is 4.92. The number of nitrogens with zero attached hydrogens (tertiary/aromatic N) is 2. The molecule has 0 aliphatic carbocycles. The summed E-state index contributed by atoms with van der Waals surface area (Å²) in [6.07, 6.45) is -1.35. The number of amides is 1. The minimum atomic E-state index is -1.82. The van der Waals surface area contributed by atoms with Gasteiger partial charge in [0, 0.05) is 13.1 Å². The van der Waals surface area contributed by atoms with E-state index in [1.165, 1.54) is 18.2 Å². The van der Waals surface area contributed by atoms with E-state index < -0.39 is 35.1 Å². The average Bonchev–Trinajstić information content (AvgIpc) is 3.14. The van der Waals surface area contributed by atoms with Crippen LogP contribution in [0.5, 0.6) is 0 Å². The van der Waals surface area contributed by atoms with Crippen molar-refractivity contribution in [3.05, 3.63) is 74.2 Å². The van der Waals surface area contributed by atoms with Crippen LogP contribution in [0.4, 0.5) is 18.0 Å². The lowest BCUT2D eigenvalue weighted by Gasteiger charge is -2.43. The average molecular weight is 546 g/mol. The number of aryl methyl sites for hydroxylation is 1. The fraction of sp³-hybridized carbons (Fsp3) is 0.273. The van der Waals surface area contributed by atoms with Crippen molar-refractivity contribution in [1.29, 1.82) is 0 Å². The first kappa shape index (κ1) is 23.6. The summed E-state index contributed by atoms with van der Waals surface area (Å²) in [4.78, 5) is 12.7. The van der Waals surface area contributed by atoms with Crippen LogP contribution in [0.1, 0.15) is 29.2 Å². The van der Waals surface area contributed by atoms with Crippen molar-refractivity contribution in [3.63, 3.8) is 0 Å². The van der Waals surface area contributed by atoms with Gasteiger partial charge in [0.15, 0.2) is 17.4 Å². The first-order chi connectivity index (χ1) is 15.5. The van der Waals surface area contributed by atoms with E-state index in [1.54, 1.807) is 6.92 Å². The maximum Gasteiger partial charge on any atom is 0.407 e. The molecule has 1 aliphatic heterocycles. The number of carbonyl (C=O) groups is 1. The van der Waals surface area contributed by atoms with E-state index in [0.717, 1.165) is 17.0 Å². The Morgan fingerprint density at radius 3 is 2.67 bits per heavy atom. The van der Waals surface area contributed by atoms with Crippen molar-refractivity contribution < 1.29 is 32.7 Å². The minimum absolute atomic E-state index is 0.0140. The molecule has 0 bridgehead atoms. The quantitative estimate of drug-likeness (QED) is 0.432. The van der Waals surface area contributed by atoms with E-state index in [9.17, 15) is 28.2 Å². The van der Waals surface area contributed by atoms with Crippen LogP contribution < -0.4 is 0 Å². The zero-order valence-corrected chi connectivity index (χ0v) is 19.4. The fourth-order valence-electron chi connectivity index (χ4n) is 4.06. The molecule has 1 fully saturated rings. The van der Waals surface area contributed by atoms with Gasteiger partial charge >= 0.3 is 6.09 Å². The van der Waals surface area contributed by atoms with E-state index in [1.807, 2.05) is 0 Å². The van der Waals surface area contributed by atoms with Gasteiger partial charge in [-0.2, -0.15) is 0 Å². The van der Waals surface area contributed by atoms with E-state index in [2.05, 4.69) is 21.1 Å². The number of rotatable bonds is 3. The van der Waals surface area contributed by atoms with Gasteiger partial charge in [-0.3, -0.25) is 0 Å². The molecule has 1 saturated heterocycles. The van der Waals surface area contributed by atoms with Gasteiger partial charge in [-0.05, 0) is 58.6 Å². The van der Waals surface area contributed by atoms with Crippen LogP contribution in [-0.4, -0.2) is 39.5 Å². The topological polar surface area (TPSA) is 86.8 Å². The van der Waals surface area contributed by atoms with Crippen LogP contribution in [-0.2, 0) is 5.60 Å². The molecular weight excluding hydrogens is 529 g/mol. The Morgan fingerprint density at radius 2 is 2.00 bits per heavy atom. The Hall–Kier alpha value is -2.56. The van der Waals surface area contributed by atoms with Gasteiger partial charge < -0.3 is 19.6 Å². The van der Waals surface area contributed by atoms with Gasteiger partial charge in [0.1, 0.15) is 17.1 Å². The normalized spacial score (nSPS) is 20.8. The van der Waals surface area contributed by atoms with Crippen LogP contribution in [0.25, 0.3) is 11.3 Å². The second-order valence-corrected chi connectivity index (χ2v) is 9.05. The number of halogens is 5. The van der Waals surface area contributed by atoms with Gasteiger partial charge in [0.25, 0.3) is 0 Å². The van der Waals surface area contributed by atoms with Gasteiger partial charge in [0.2, 0.25) is 0 Å². The number of carboxylic acid groups (broad SMARTS) is 1. The Bertz CT molecular complexity index is 1250. The molecule has 1 aromatic heterocycles. The number of hydrogen-bond acceptors (Lipinski definition) is 4. The molecule has 6 nitrogen and oxygen atoms in total. The number of hydrogen-bond donors (Lipinski definition) is 2. The highest BCUT2D eigenvalue weighted by molar-refractivity contribution is 9.10. The molecule has 2 heterocycles. The van der Waals surface area contributed by atoms with Crippen molar-refractivity contribution in [3.8, 4) is 11.3 Å². The highest BCUT2D eigenvalue weighted by Crippen LogP contribution is 2.48. The highest BCUT2D eigenvalue weighted by Gasteiger charge is 2.48. The largest absolute Gasteiger partial charge is 0.465 e. The lowest BCUT2D eigenvalue weighted by molar-refractivity contribution is -0.0495. The monoisotopic (exact) mass is 544 g/mol. The van der Waals surface area contributed by atoms with Crippen LogP contribution >= 0.6 is 27.5 Å². The van der Waals surface area contributed by atoms with E-state index >= 15 is 0 Å². The summed E-state index contributed by atoms with van der Waals surface area (Å²) in [6.45, 7) is 1.26. The molecule has 1 amide bonds. The van der Waals surface area contributed by atoms with Crippen molar-refractivity contribution in [1.82, 2.24) is 10.1 Å². The second-order valence-electron chi connectivity index (χ2n) is 7.85. The molecule has 0 saturated carbocycles. The summed E-state index contributed by atoms with van der Waals surface area (Å²) in [5.74, 6) is -3.93. The van der Waals surface area contributed by atoms with Crippen LogP contribution in [0.3, 0.4) is 0 Å². The molecule has 2 aromatic carbocycles. The van der Waals surface area contributed by atoms with Crippen LogP contribution in [0.15, 0.2) is 39.3 Å². The molecule has 0 unspecified atom stereocenters. The first-order valence-corrected chi connectivity index (χ1v) is 11.0. The summed E-state index contributed by atoms with van der Waals surface area (Å²) in [5, 5.41) is 25.1. The third-order valence-electron chi connectivity index (χ3n) is 5.93. The summed E-state index contributed by atoms with van der Waals surface area (Å²) in [7, 11) is 0. The number of piperidine rings is 1. The Morgan fingerprint density at radius 1 is 1.27 bits per heavy atom. The van der Waals surface area contributed by atoms with Gasteiger partial charge in [-0.15, -0.1) is 0 Å². The molecule has 0 radical (unpaired) electrons. The standard InChI is InChI=1S/C22H17BrClF3N2O4/c1-10-2-4-13(24)16(18(10)27)19-17(23)20(33-28-19)12-9-29(21(30)31)7-6-22(12,32)11-3-5-14(25)15(26)8-11/h2-5,8,12,32H,6-7,9H2,1H3,(H,30,31)/t12-,22+/m1/s1. The number of aromatic nitrogens is 1. The van der Waals surface area contributed by atoms with Gasteiger partial charge in [-0.25, -0.2) is 18.0 Å². The highest BCUT2D eigenvalue weighted by atomic mass is 79.9. The Labute approximate surface area is 199 Å². The van der Waals surface area contributed by atoms with Crippen molar-refractivity contribution >= 4 is 33.6 Å². The summed E-state index contributed by atoms with van der Waals surface area (Å²) in [5.41, 5.74) is -1.47. The summed E-state index contributed by atoms with van der Waals surface area (Å²) in [6, 6.07) is 5.97. The van der Waals surface area contributed by atoms with Crippen LogP contribution in [0.2, 0.25) is 5.02 Å². The molecule has 2 atom stereocenters. The molecule has 4 rings (SSSR count). The smallest absolute Gasteiger partial charge is 0.407 e. The Balaban J connectivity index is 1.86. The minimum Gasteiger partial charge on any atom is -0.465 e. The predicted octanol–water partition coefficient (Wildman–Crippen LogP) is 5.84. The molecule has 174 valence electrons. The lowest BCUT2D eigenvalue weighted by atomic mass is 9.74. The maximum atomic E-state index is 14.8. The number of aliphatic hydroxyl groups is 1. The van der Waals surface area contributed by atoms with Gasteiger partial charge in [0.05, 0.1) is 21.0 Å². The molecule has 0 spiro atoms. The predicted molar refractivity (Wildman–Crippen MR) is 117 cm³/mol. The number of benzene rings is 2. The molecule has 11 heteroatoms. The summed E-state index contributed by atoms with van der Waals surface area (Å²) >= 11 is 9.53. The molecule has 2 N–H and O–H groups in total. The van der Waals surface area contributed by atoms with Crippen molar-refractivity contribution in [2.24, 2.45) is 0 Å². The van der Waals surface area contributed by atoms with Crippen molar-refractivity contribution in [2.45, 2.75) is 24.9 Å². The van der Waals surface area contributed by atoms with Gasteiger partial charge in [-0.1, -0.05) is 28.9 Å². The Kier molecular flexibility index (Phi) is 6.19. The maximum absolute atomic E-state index is 14.8. The zero-order valence-electron chi connectivity index (χ0n) is 17.1. The zero-order chi connectivity index (χ0) is 24.1. The van der Waals surface area contributed by atoms with Crippen LogP contribution in [0, 0.1) is 24.4 Å². The molecule has 1 aliphatic rings. The lowest BCUT2D eigenvalue weighted by Crippen LogP contribution is -2.50. The molecule has 33 heavy (non-hydrogen) atoms. The van der Waals surface area contributed by atoms with Crippen molar-refractivity contribution in [2.75, 3.05) is 13.1 Å². The SMILES string of the molecule is Cc1ccc(Cl)c(-c2noc([C@H]3CN(C(=O)O)CC[C@]3(O)c3ccc(F)c(F)c3)c2Br)c1F. The third-order valence-corrected chi connectivity index (χ3v) is 7.01. The summed E-state index contributed by atoms with van der Waals surface area (Å²) < 4.78 is 48.0. The van der Waals surface area contributed by atoms with E-state index in [-0.39, 0.29) is 51.6 Å². The third kappa shape index (κ3) is 4.00.